The summed E-state index contributed by atoms with van der Waals surface area (Å²) in [6, 6.07) is 0. The average molecular weight is 127 g/mol. The third-order valence-corrected chi connectivity index (χ3v) is 1.07. The van der Waals surface area contributed by atoms with Gasteiger partial charge >= 0.3 is 5.97 Å². The van der Waals surface area contributed by atoms with Crippen molar-refractivity contribution in [2.75, 3.05) is 0 Å². The molecular weight excluding hydrogens is 118 g/mol. The largest absolute Gasteiger partial charge is 0.331 e. The van der Waals surface area contributed by atoms with Crippen molar-refractivity contribution in [3.63, 3.8) is 0 Å². The average Bonchev–Trinajstić information content (AvgIpc) is 2.48. The van der Waals surface area contributed by atoms with Crippen molar-refractivity contribution in [1.82, 2.24) is 0 Å². The number of carbonyl (C=O) groups is 1. The smallest absolute Gasteiger partial charge is 0.319 e. The van der Waals surface area contributed by atoms with Crippen molar-refractivity contribution in [2.45, 2.75) is 19.8 Å². The fraction of sp³-hybridized carbons (Fsp3) is 0.667. The molecule has 0 atom stereocenters. The Labute approximate surface area is 53.7 Å². The predicted molar refractivity (Wildman–Crippen MR) is 33.0 cm³/mol. The predicted octanol–water partition coefficient (Wildman–Crippen LogP) is 0.945. The van der Waals surface area contributed by atoms with Crippen molar-refractivity contribution in [3.8, 4) is 0 Å². The van der Waals surface area contributed by atoms with Crippen LogP contribution in [0.2, 0.25) is 0 Å². The molecule has 1 rings (SSSR count). The number of carbonyl (C=O) groups excluding carboxylic acids is 1. The van der Waals surface area contributed by atoms with E-state index < -0.39 is 0 Å². The van der Waals surface area contributed by atoms with Gasteiger partial charge in [0.25, 0.3) is 0 Å². The Kier molecular flexibility index (Phi) is 1.82. The number of hydrogen-bond donors (Lipinski definition) is 0. The van der Waals surface area contributed by atoms with Crippen molar-refractivity contribution >= 4 is 12.2 Å². The lowest BCUT2D eigenvalue weighted by Gasteiger charge is -1.85. The quantitative estimate of drug-likeness (QED) is 0.314. The summed E-state index contributed by atoms with van der Waals surface area (Å²) in [5.41, 5.74) is 0. The molecular formula is C6H9NO2. The number of nitrogens with zero attached hydrogens (tertiary/aromatic N) is 1. The summed E-state index contributed by atoms with van der Waals surface area (Å²) in [7, 11) is 0. The van der Waals surface area contributed by atoms with Crippen molar-refractivity contribution < 1.29 is 9.63 Å². The summed E-state index contributed by atoms with van der Waals surface area (Å²) in [5, 5.41) is 3.46. The first-order valence-electron chi connectivity index (χ1n) is 3.00. The SMILES string of the molecule is CC(=O)ON=CC1CC1. The second-order valence-corrected chi connectivity index (χ2v) is 2.17. The minimum Gasteiger partial charge on any atom is -0.319 e. The molecule has 1 saturated carbocycles. The zero-order valence-corrected chi connectivity index (χ0v) is 5.33. The maximum absolute atomic E-state index is 10.1. The highest BCUT2D eigenvalue weighted by molar-refractivity contribution is 5.68. The van der Waals surface area contributed by atoms with Crippen LogP contribution in [0.4, 0.5) is 0 Å². The zero-order chi connectivity index (χ0) is 6.69. The number of oxime groups is 1. The molecule has 0 unspecified atom stereocenters. The Morgan fingerprint density at radius 2 is 2.44 bits per heavy atom. The molecule has 9 heavy (non-hydrogen) atoms. The van der Waals surface area contributed by atoms with E-state index >= 15 is 0 Å². The molecule has 0 aliphatic heterocycles. The summed E-state index contributed by atoms with van der Waals surface area (Å²) in [4.78, 5) is 14.4. The Bertz CT molecular complexity index is 138. The lowest BCUT2D eigenvalue weighted by atomic mass is 10.5. The van der Waals surface area contributed by atoms with Crippen molar-refractivity contribution in [2.24, 2.45) is 11.1 Å². The van der Waals surface area contributed by atoms with Crippen LogP contribution in [0.1, 0.15) is 19.8 Å². The highest BCUT2D eigenvalue weighted by Crippen LogP contribution is 2.26. The summed E-state index contributed by atoms with van der Waals surface area (Å²) in [6.45, 7) is 1.34. The van der Waals surface area contributed by atoms with E-state index in [0.717, 1.165) is 0 Å². The molecule has 1 aliphatic carbocycles. The maximum atomic E-state index is 10.1. The molecule has 0 amide bonds. The first kappa shape index (κ1) is 6.26. The molecule has 0 aromatic heterocycles. The monoisotopic (exact) mass is 127 g/mol. The normalized spacial score (nSPS) is 18.3. The van der Waals surface area contributed by atoms with Gasteiger partial charge < -0.3 is 4.84 Å². The third-order valence-electron chi connectivity index (χ3n) is 1.07. The Balaban J connectivity index is 2.08. The highest BCUT2D eigenvalue weighted by Gasteiger charge is 2.18. The summed E-state index contributed by atoms with van der Waals surface area (Å²) in [5.74, 6) is 0.219. The van der Waals surface area contributed by atoms with Gasteiger partial charge in [-0.05, 0) is 18.8 Å². The summed E-state index contributed by atoms with van der Waals surface area (Å²) in [6.07, 6.45) is 4.05. The van der Waals surface area contributed by atoms with Gasteiger partial charge in [0, 0.05) is 13.1 Å². The van der Waals surface area contributed by atoms with Gasteiger partial charge in [-0.2, -0.15) is 0 Å². The molecule has 3 heteroatoms. The lowest BCUT2D eigenvalue weighted by molar-refractivity contribution is -0.140. The van der Waals surface area contributed by atoms with Crippen molar-refractivity contribution in [3.05, 3.63) is 0 Å². The van der Waals surface area contributed by atoms with E-state index in [2.05, 4.69) is 9.99 Å². The standard InChI is InChI=1S/C6H9NO2/c1-5(8)9-7-4-6-2-3-6/h4,6H,2-3H2,1H3. The molecule has 0 radical (unpaired) electrons. The van der Waals surface area contributed by atoms with Gasteiger partial charge in [-0.25, -0.2) is 4.79 Å². The molecule has 0 heterocycles. The van der Waals surface area contributed by atoms with Crippen LogP contribution in [-0.4, -0.2) is 12.2 Å². The van der Waals surface area contributed by atoms with Gasteiger partial charge in [0.15, 0.2) is 0 Å². The van der Waals surface area contributed by atoms with E-state index in [0.29, 0.717) is 5.92 Å². The molecule has 0 N–H and O–H groups in total. The van der Waals surface area contributed by atoms with Gasteiger partial charge in [-0.3, -0.25) is 0 Å². The molecule has 1 aliphatic rings. The van der Waals surface area contributed by atoms with Crippen LogP contribution in [0.3, 0.4) is 0 Å². The number of hydrogen-bond acceptors (Lipinski definition) is 3. The van der Waals surface area contributed by atoms with Crippen LogP contribution in [-0.2, 0) is 9.63 Å². The van der Waals surface area contributed by atoms with E-state index in [4.69, 9.17) is 0 Å². The minimum atomic E-state index is -0.355. The molecule has 0 aromatic carbocycles. The first-order chi connectivity index (χ1) is 4.29. The molecule has 0 spiro atoms. The van der Waals surface area contributed by atoms with E-state index in [1.54, 1.807) is 6.21 Å². The zero-order valence-electron chi connectivity index (χ0n) is 5.33. The third kappa shape index (κ3) is 2.85. The molecule has 0 bridgehead atoms. The van der Waals surface area contributed by atoms with Crippen LogP contribution < -0.4 is 0 Å². The van der Waals surface area contributed by atoms with Crippen LogP contribution in [0.5, 0.6) is 0 Å². The van der Waals surface area contributed by atoms with Crippen molar-refractivity contribution in [1.29, 1.82) is 0 Å². The van der Waals surface area contributed by atoms with Gasteiger partial charge in [0.05, 0.1) is 0 Å². The molecule has 0 saturated heterocycles. The van der Waals surface area contributed by atoms with Gasteiger partial charge in [0.1, 0.15) is 0 Å². The molecule has 0 aromatic rings. The maximum Gasteiger partial charge on any atom is 0.331 e. The second-order valence-electron chi connectivity index (χ2n) is 2.17. The second kappa shape index (κ2) is 2.62. The topological polar surface area (TPSA) is 38.7 Å². The summed E-state index contributed by atoms with van der Waals surface area (Å²) >= 11 is 0. The fourth-order valence-electron chi connectivity index (χ4n) is 0.436. The van der Waals surface area contributed by atoms with Crippen LogP contribution >= 0.6 is 0 Å². The molecule has 3 nitrogen and oxygen atoms in total. The minimum absolute atomic E-state index is 0.355. The van der Waals surface area contributed by atoms with Gasteiger partial charge in [0.2, 0.25) is 0 Å². The van der Waals surface area contributed by atoms with E-state index in [1.165, 1.54) is 19.8 Å². The van der Waals surface area contributed by atoms with Crippen LogP contribution in [0.25, 0.3) is 0 Å². The van der Waals surface area contributed by atoms with Gasteiger partial charge in [-0.1, -0.05) is 5.16 Å². The Morgan fingerprint density at radius 3 is 2.89 bits per heavy atom. The van der Waals surface area contributed by atoms with Crippen LogP contribution in [0, 0.1) is 5.92 Å². The van der Waals surface area contributed by atoms with Crippen LogP contribution in [0.15, 0.2) is 5.16 Å². The van der Waals surface area contributed by atoms with E-state index in [9.17, 15) is 4.79 Å². The number of rotatable bonds is 2. The summed E-state index contributed by atoms with van der Waals surface area (Å²) < 4.78 is 0. The van der Waals surface area contributed by atoms with E-state index in [1.807, 2.05) is 0 Å². The molecule has 50 valence electrons. The highest BCUT2D eigenvalue weighted by atomic mass is 16.7. The fourth-order valence-corrected chi connectivity index (χ4v) is 0.436. The first-order valence-corrected chi connectivity index (χ1v) is 3.00. The Morgan fingerprint density at radius 1 is 1.78 bits per heavy atom. The molecule has 1 fully saturated rings. The van der Waals surface area contributed by atoms with Gasteiger partial charge in [-0.15, -0.1) is 0 Å². The lowest BCUT2D eigenvalue weighted by Crippen LogP contribution is -1.91. The van der Waals surface area contributed by atoms with E-state index in [-0.39, 0.29) is 5.97 Å². The Hall–Kier alpha value is -0.860.